The zero-order valence-electron chi connectivity index (χ0n) is 30.4. The van der Waals surface area contributed by atoms with Crippen LogP contribution in [0.1, 0.15) is 96.6 Å². The average Bonchev–Trinajstić information content (AvgIpc) is 3.50. The van der Waals surface area contributed by atoms with Crippen LogP contribution in [-0.2, 0) is 19.9 Å². The molecule has 0 heterocycles. The summed E-state index contributed by atoms with van der Waals surface area (Å²) >= 11 is 6.83. The molecule has 5 aromatic rings. The zero-order chi connectivity index (χ0) is 38.4. The van der Waals surface area contributed by atoms with Crippen LogP contribution in [-0.4, -0.2) is 30.9 Å². The first-order valence-corrected chi connectivity index (χ1v) is 19.3. The van der Waals surface area contributed by atoms with Gasteiger partial charge in [0.15, 0.2) is 5.60 Å². The summed E-state index contributed by atoms with van der Waals surface area (Å²) in [5, 5.41) is 2.19. The second-order valence-corrected chi connectivity index (χ2v) is 14.8. The summed E-state index contributed by atoms with van der Waals surface area (Å²) in [6.45, 7) is -0.185. The summed E-state index contributed by atoms with van der Waals surface area (Å²) in [4.78, 5) is 27.1. The lowest BCUT2D eigenvalue weighted by Gasteiger charge is -2.36. The van der Waals surface area contributed by atoms with Gasteiger partial charge in [-0.1, -0.05) is 165 Å². The average molecular weight is 766 g/mol. The third kappa shape index (κ3) is 8.30. The van der Waals surface area contributed by atoms with Crippen molar-refractivity contribution in [1.82, 2.24) is 5.32 Å². The van der Waals surface area contributed by atoms with Crippen LogP contribution < -0.4 is 5.32 Å². The largest absolute Gasteiger partial charge is 0.449 e. The molecule has 0 spiro atoms. The van der Waals surface area contributed by atoms with E-state index in [1.54, 1.807) is 54.6 Å². The Kier molecular flexibility index (Phi) is 11.6. The summed E-state index contributed by atoms with van der Waals surface area (Å²) in [5.41, 5.74) is 4.69. The van der Waals surface area contributed by atoms with Crippen LogP contribution in [0.3, 0.4) is 0 Å². The van der Waals surface area contributed by atoms with Crippen LogP contribution in [0, 0.1) is 0 Å². The van der Waals surface area contributed by atoms with Crippen molar-refractivity contribution >= 4 is 23.7 Å². The number of hydrogen-bond donors (Lipinski definition) is 1. The molecular weight excluding hydrogens is 723 g/mol. The van der Waals surface area contributed by atoms with Crippen LogP contribution in [0.5, 0.6) is 0 Å². The molecular formula is C46H43ClF3NO4. The number of alkyl carbamates (subject to hydrolysis) is 1. The van der Waals surface area contributed by atoms with Crippen molar-refractivity contribution in [2.45, 2.75) is 81.0 Å². The highest BCUT2D eigenvalue weighted by Crippen LogP contribution is 2.46. The molecule has 55 heavy (non-hydrogen) atoms. The minimum atomic E-state index is -5.00. The molecule has 0 aromatic heterocycles. The van der Waals surface area contributed by atoms with E-state index in [4.69, 9.17) is 21.1 Å². The molecule has 0 radical (unpaired) electrons. The Morgan fingerprint density at radius 3 is 1.85 bits per heavy atom. The quantitative estimate of drug-likeness (QED) is 0.114. The van der Waals surface area contributed by atoms with E-state index in [1.807, 2.05) is 78.1 Å². The van der Waals surface area contributed by atoms with E-state index in [2.05, 4.69) is 0 Å². The van der Waals surface area contributed by atoms with Crippen molar-refractivity contribution in [2.75, 3.05) is 6.61 Å². The second-order valence-electron chi connectivity index (χ2n) is 14.4. The Morgan fingerprint density at radius 1 is 0.691 bits per heavy atom. The van der Waals surface area contributed by atoms with Crippen LogP contribution in [0.4, 0.5) is 18.0 Å². The monoisotopic (exact) mass is 765 g/mol. The van der Waals surface area contributed by atoms with Gasteiger partial charge in [0, 0.05) is 27.6 Å². The van der Waals surface area contributed by atoms with Crippen molar-refractivity contribution in [3.8, 4) is 11.1 Å². The number of fused-ring (bicyclic) bond motifs is 3. The maximum Gasteiger partial charge on any atom is 0.409 e. The molecule has 5 aromatic carbocycles. The van der Waals surface area contributed by atoms with Gasteiger partial charge in [0.1, 0.15) is 12.6 Å². The molecule has 7 rings (SSSR count). The SMILES string of the molecule is O=C(C[C@H](NC(=O)OCC1c2ccccc2-c2ccccc21)C(F)(F)F)OC(c1ccccc1)(c1ccc(C2CCCCCCC2)cc1)c1ccccc1Cl. The minimum Gasteiger partial charge on any atom is -0.449 e. The smallest absolute Gasteiger partial charge is 0.409 e. The molecule has 5 nitrogen and oxygen atoms in total. The number of nitrogens with one attached hydrogen (secondary N) is 1. The standard InChI is InChI=1S/C46H43ClF3NO4/c47-41-24-14-13-23-40(41)45(33-17-7-4-8-18-33,34-27-25-32(26-28-34)31-15-5-2-1-3-6-16-31)55-43(52)29-42(46(48,49)50)51-44(53)54-30-39-37-21-11-9-19-35(37)36-20-10-12-22-38(36)39/h4,7-14,17-28,31,39,42H,1-3,5-6,15-16,29-30H2,(H,51,53)/t42-,45?/m0/s1. The first-order chi connectivity index (χ1) is 26.6. The lowest BCUT2D eigenvalue weighted by Crippen LogP contribution is -2.48. The van der Waals surface area contributed by atoms with E-state index >= 15 is 0 Å². The molecule has 2 atom stereocenters. The number of hydrogen-bond acceptors (Lipinski definition) is 4. The molecule has 0 saturated heterocycles. The molecule has 9 heteroatoms. The number of ether oxygens (including phenoxy) is 2. The maximum absolute atomic E-state index is 14.6. The first-order valence-electron chi connectivity index (χ1n) is 19.0. The van der Waals surface area contributed by atoms with Crippen LogP contribution >= 0.6 is 11.6 Å². The fourth-order valence-electron chi connectivity index (χ4n) is 8.26. The number of carbonyl (C=O) groups excluding carboxylic acids is 2. The molecule has 1 amide bonds. The topological polar surface area (TPSA) is 64.6 Å². The highest BCUT2D eigenvalue weighted by Gasteiger charge is 2.47. The molecule has 0 bridgehead atoms. The Labute approximate surface area is 324 Å². The van der Waals surface area contributed by atoms with Crippen molar-refractivity contribution < 1.29 is 32.2 Å². The molecule has 1 saturated carbocycles. The highest BCUT2D eigenvalue weighted by atomic mass is 35.5. The van der Waals surface area contributed by atoms with Crippen LogP contribution in [0.25, 0.3) is 11.1 Å². The van der Waals surface area contributed by atoms with Crippen LogP contribution in [0.15, 0.2) is 127 Å². The van der Waals surface area contributed by atoms with Gasteiger partial charge in [-0.3, -0.25) is 4.79 Å². The van der Waals surface area contributed by atoms with Crippen molar-refractivity contribution in [1.29, 1.82) is 0 Å². The molecule has 1 unspecified atom stereocenters. The van der Waals surface area contributed by atoms with Gasteiger partial charge in [0.05, 0.1) is 6.42 Å². The third-order valence-corrected chi connectivity index (χ3v) is 11.3. The van der Waals surface area contributed by atoms with Gasteiger partial charge in [0.2, 0.25) is 0 Å². The molecule has 2 aliphatic rings. The predicted molar refractivity (Wildman–Crippen MR) is 208 cm³/mol. The fraction of sp³-hybridized carbons (Fsp3) is 0.304. The molecule has 1 N–H and O–H groups in total. The van der Waals surface area contributed by atoms with E-state index in [-0.39, 0.29) is 17.5 Å². The van der Waals surface area contributed by atoms with E-state index in [1.165, 1.54) is 24.8 Å². The summed E-state index contributed by atoms with van der Waals surface area (Å²) in [7, 11) is 0. The number of benzene rings is 5. The van der Waals surface area contributed by atoms with E-state index in [0.717, 1.165) is 47.9 Å². The van der Waals surface area contributed by atoms with Crippen LogP contribution in [0.2, 0.25) is 5.02 Å². The number of alkyl halides is 3. The number of rotatable bonds is 10. The maximum atomic E-state index is 14.6. The summed E-state index contributed by atoms with van der Waals surface area (Å²) in [5.74, 6) is -1.15. The van der Waals surface area contributed by atoms with Crippen molar-refractivity contribution in [2.24, 2.45) is 0 Å². The van der Waals surface area contributed by atoms with E-state index in [9.17, 15) is 22.8 Å². The Morgan fingerprint density at radius 2 is 1.24 bits per heavy atom. The minimum absolute atomic E-state index is 0.185. The van der Waals surface area contributed by atoms with Gasteiger partial charge >= 0.3 is 18.2 Å². The fourth-order valence-corrected chi connectivity index (χ4v) is 8.53. The molecule has 1 fully saturated rings. The Hall–Kier alpha value is -5.08. The summed E-state index contributed by atoms with van der Waals surface area (Å²) < 4.78 is 55.6. The van der Waals surface area contributed by atoms with E-state index < -0.39 is 36.3 Å². The van der Waals surface area contributed by atoms with Gasteiger partial charge in [0.25, 0.3) is 0 Å². The summed E-state index contributed by atoms with van der Waals surface area (Å²) in [6.07, 6.45) is 0.663. The van der Waals surface area contributed by atoms with Gasteiger partial charge < -0.3 is 14.8 Å². The number of carbonyl (C=O) groups is 2. The van der Waals surface area contributed by atoms with Gasteiger partial charge in [-0.25, -0.2) is 4.79 Å². The molecule has 284 valence electrons. The lowest BCUT2D eigenvalue weighted by atomic mass is 9.78. The van der Waals surface area contributed by atoms with Crippen molar-refractivity contribution in [3.05, 3.63) is 166 Å². The lowest BCUT2D eigenvalue weighted by molar-refractivity contribution is -0.173. The third-order valence-electron chi connectivity index (χ3n) is 11.0. The Balaban J connectivity index is 1.15. The van der Waals surface area contributed by atoms with Crippen molar-refractivity contribution in [3.63, 3.8) is 0 Å². The zero-order valence-corrected chi connectivity index (χ0v) is 31.1. The second kappa shape index (κ2) is 16.7. The van der Waals surface area contributed by atoms with Gasteiger partial charge in [-0.2, -0.15) is 13.2 Å². The summed E-state index contributed by atoms with van der Waals surface area (Å²) in [6, 6.07) is 36.3. The number of halogens is 4. The first kappa shape index (κ1) is 38.2. The molecule has 2 aliphatic carbocycles. The number of esters is 1. The van der Waals surface area contributed by atoms with Gasteiger partial charge in [-0.05, 0) is 52.6 Å². The van der Waals surface area contributed by atoms with Gasteiger partial charge in [-0.15, -0.1) is 0 Å². The predicted octanol–water partition coefficient (Wildman–Crippen LogP) is 11.9. The highest BCUT2D eigenvalue weighted by molar-refractivity contribution is 6.31. The normalized spacial score (nSPS) is 16.4. The molecule has 0 aliphatic heterocycles. The Bertz CT molecular complexity index is 2050. The number of amides is 1. The van der Waals surface area contributed by atoms with E-state index in [0.29, 0.717) is 22.6 Å².